The van der Waals surface area contributed by atoms with Crippen molar-refractivity contribution in [1.82, 2.24) is 19.3 Å². The molecule has 2 aromatic rings. The monoisotopic (exact) mass is 293 g/mol. The molecule has 0 aromatic carbocycles. The van der Waals surface area contributed by atoms with Crippen LogP contribution in [0.3, 0.4) is 0 Å². The molecule has 0 bridgehead atoms. The van der Waals surface area contributed by atoms with Crippen LogP contribution in [0.1, 0.15) is 18.3 Å². The Balaban J connectivity index is 2.06. The summed E-state index contributed by atoms with van der Waals surface area (Å²) in [4.78, 5) is 16.5. The molecule has 0 unspecified atom stereocenters. The van der Waals surface area contributed by atoms with Gasteiger partial charge in [0, 0.05) is 26.5 Å². The van der Waals surface area contributed by atoms with E-state index in [1.165, 1.54) is 11.8 Å². The summed E-state index contributed by atoms with van der Waals surface area (Å²) < 4.78 is 3.66. The van der Waals surface area contributed by atoms with Crippen LogP contribution in [0.2, 0.25) is 0 Å². The molecule has 1 amide bonds. The molecule has 1 atom stereocenters. The van der Waals surface area contributed by atoms with Gasteiger partial charge in [0.25, 0.3) is 0 Å². The van der Waals surface area contributed by atoms with Crippen molar-refractivity contribution >= 4 is 23.4 Å². The number of carbonyl (C=O) groups excluding carboxylic acids is 1. The van der Waals surface area contributed by atoms with Gasteiger partial charge in [-0.1, -0.05) is 11.8 Å². The second-order valence-corrected chi connectivity index (χ2v) is 6.05. The maximum Gasteiger partial charge on any atom is 0.237 e. The molecule has 0 radical (unpaired) electrons. The van der Waals surface area contributed by atoms with Gasteiger partial charge in [-0.2, -0.15) is 5.10 Å². The van der Waals surface area contributed by atoms with Crippen molar-refractivity contribution in [2.75, 3.05) is 5.32 Å². The predicted octanol–water partition coefficient (Wildman–Crippen LogP) is 1.89. The topological polar surface area (TPSA) is 64.7 Å². The summed E-state index contributed by atoms with van der Waals surface area (Å²) in [5.74, 6) is -0.0443. The first-order valence-electron chi connectivity index (χ1n) is 6.35. The molecule has 1 N–H and O–H groups in total. The second kappa shape index (κ2) is 5.70. The van der Waals surface area contributed by atoms with Crippen molar-refractivity contribution in [2.45, 2.75) is 31.2 Å². The Morgan fingerprint density at radius 1 is 1.40 bits per heavy atom. The van der Waals surface area contributed by atoms with Crippen LogP contribution in [0.25, 0.3) is 0 Å². The Morgan fingerprint density at radius 2 is 2.10 bits per heavy atom. The van der Waals surface area contributed by atoms with E-state index in [0.29, 0.717) is 0 Å². The van der Waals surface area contributed by atoms with E-state index in [2.05, 4.69) is 15.4 Å². The molecule has 2 aromatic heterocycles. The van der Waals surface area contributed by atoms with E-state index in [0.717, 1.165) is 22.2 Å². The van der Waals surface area contributed by atoms with E-state index >= 15 is 0 Å². The lowest BCUT2D eigenvalue weighted by Crippen LogP contribution is -2.23. The van der Waals surface area contributed by atoms with Crippen molar-refractivity contribution in [1.29, 1.82) is 0 Å². The summed E-state index contributed by atoms with van der Waals surface area (Å²) in [5, 5.41) is 7.84. The van der Waals surface area contributed by atoms with Crippen LogP contribution in [-0.4, -0.2) is 30.5 Å². The normalized spacial score (nSPS) is 12.4. The lowest BCUT2D eigenvalue weighted by molar-refractivity contribution is -0.115. The number of aromatic nitrogens is 4. The molecule has 6 nitrogen and oxygen atoms in total. The van der Waals surface area contributed by atoms with Crippen LogP contribution < -0.4 is 5.32 Å². The molecule has 2 rings (SSSR count). The van der Waals surface area contributed by atoms with Gasteiger partial charge in [-0.3, -0.25) is 9.48 Å². The van der Waals surface area contributed by atoms with Crippen LogP contribution in [0.5, 0.6) is 0 Å². The van der Waals surface area contributed by atoms with Crippen LogP contribution in [-0.2, 0) is 18.9 Å². The van der Waals surface area contributed by atoms with Crippen LogP contribution >= 0.6 is 11.8 Å². The number of nitrogens with one attached hydrogen (secondary N) is 1. The van der Waals surface area contributed by atoms with Gasteiger partial charge >= 0.3 is 0 Å². The smallest absolute Gasteiger partial charge is 0.237 e. The molecular weight excluding hydrogens is 274 g/mol. The summed E-state index contributed by atoms with van der Waals surface area (Å²) in [6, 6.07) is 0. The van der Waals surface area contributed by atoms with E-state index in [4.69, 9.17) is 0 Å². The number of hydrogen-bond donors (Lipinski definition) is 1. The Kier molecular flexibility index (Phi) is 4.17. The molecule has 20 heavy (non-hydrogen) atoms. The number of thioether (sulfide) groups is 1. The van der Waals surface area contributed by atoms with Crippen molar-refractivity contribution in [2.24, 2.45) is 14.1 Å². The third kappa shape index (κ3) is 2.87. The van der Waals surface area contributed by atoms with Crippen molar-refractivity contribution in [3.8, 4) is 0 Å². The first-order chi connectivity index (χ1) is 9.40. The van der Waals surface area contributed by atoms with Crippen LogP contribution in [0.15, 0.2) is 17.6 Å². The summed E-state index contributed by atoms with van der Waals surface area (Å²) >= 11 is 1.44. The molecule has 0 saturated carbocycles. The summed E-state index contributed by atoms with van der Waals surface area (Å²) in [6.07, 6.45) is 3.59. The summed E-state index contributed by atoms with van der Waals surface area (Å²) in [5.41, 5.74) is 2.57. The molecule has 0 aliphatic carbocycles. The standard InChI is InChI=1S/C13H19N5OS/c1-8-11(9(2)18(5)16-8)15-12(19)10(3)20-13-14-6-7-17(13)4/h6-7,10H,1-5H3,(H,15,19)/t10-/m0/s1. The zero-order valence-corrected chi connectivity index (χ0v) is 13.2. The number of imidazole rings is 1. The van der Waals surface area contributed by atoms with E-state index in [1.807, 2.05) is 45.6 Å². The second-order valence-electron chi connectivity index (χ2n) is 4.74. The zero-order valence-electron chi connectivity index (χ0n) is 12.3. The SMILES string of the molecule is Cc1nn(C)c(C)c1NC(=O)[C@H](C)Sc1nccn1C. The number of nitrogens with zero attached hydrogens (tertiary/aromatic N) is 4. The average Bonchev–Trinajstić information content (AvgIpc) is 2.89. The molecule has 0 aliphatic heterocycles. The van der Waals surface area contributed by atoms with Gasteiger partial charge in [0.15, 0.2) is 5.16 Å². The van der Waals surface area contributed by atoms with Gasteiger partial charge in [-0.25, -0.2) is 4.98 Å². The third-order valence-corrected chi connectivity index (χ3v) is 4.36. The zero-order chi connectivity index (χ0) is 14.9. The van der Waals surface area contributed by atoms with E-state index in [1.54, 1.807) is 10.9 Å². The molecule has 0 saturated heterocycles. The number of hydrogen-bond acceptors (Lipinski definition) is 4. The number of rotatable bonds is 4. The van der Waals surface area contributed by atoms with E-state index in [9.17, 15) is 4.79 Å². The highest BCUT2D eigenvalue weighted by Gasteiger charge is 2.19. The molecule has 7 heteroatoms. The van der Waals surface area contributed by atoms with Gasteiger partial charge in [-0.15, -0.1) is 0 Å². The van der Waals surface area contributed by atoms with Gasteiger partial charge in [0.05, 0.1) is 22.3 Å². The summed E-state index contributed by atoms with van der Waals surface area (Å²) in [6.45, 7) is 5.70. The van der Waals surface area contributed by atoms with Gasteiger partial charge in [0.2, 0.25) is 5.91 Å². The molecule has 0 spiro atoms. The fourth-order valence-electron chi connectivity index (χ4n) is 1.86. The molecule has 0 aliphatic rings. The van der Waals surface area contributed by atoms with Gasteiger partial charge in [0.1, 0.15) is 0 Å². The number of aryl methyl sites for hydroxylation is 3. The maximum atomic E-state index is 12.3. The minimum absolute atomic E-state index is 0.0443. The Morgan fingerprint density at radius 3 is 2.60 bits per heavy atom. The molecule has 0 fully saturated rings. The van der Waals surface area contributed by atoms with Crippen molar-refractivity contribution < 1.29 is 4.79 Å². The third-order valence-electron chi connectivity index (χ3n) is 3.19. The summed E-state index contributed by atoms with van der Waals surface area (Å²) in [7, 11) is 3.78. The largest absolute Gasteiger partial charge is 0.329 e. The van der Waals surface area contributed by atoms with E-state index in [-0.39, 0.29) is 11.2 Å². The van der Waals surface area contributed by atoms with Gasteiger partial charge in [-0.05, 0) is 20.8 Å². The fourth-order valence-corrected chi connectivity index (χ4v) is 2.69. The number of amides is 1. The lowest BCUT2D eigenvalue weighted by atomic mass is 10.3. The first-order valence-corrected chi connectivity index (χ1v) is 7.23. The van der Waals surface area contributed by atoms with Crippen molar-refractivity contribution in [3.05, 3.63) is 23.8 Å². The highest BCUT2D eigenvalue weighted by molar-refractivity contribution is 8.00. The maximum absolute atomic E-state index is 12.3. The quantitative estimate of drug-likeness (QED) is 0.874. The van der Waals surface area contributed by atoms with Gasteiger partial charge < -0.3 is 9.88 Å². The number of carbonyl (C=O) groups is 1. The predicted molar refractivity (Wildman–Crippen MR) is 79.8 cm³/mol. The minimum atomic E-state index is -0.227. The first kappa shape index (κ1) is 14.6. The number of anilines is 1. The average molecular weight is 293 g/mol. The lowest BCUT2D eigenvalue weighted by Gasteiger charge is -2.12. The molecule has 108 valence electrons. The Hall–Kier alpha value is -1.76. The fraction of sp³-hybridized carbons (Fsp3) is 0.462. The van der Waals surface area contributed by atoms with E-state index < -0.39 is 0 Å². The molecular formula is C13H19N5OS. The van der Waals surface area contributed by atoms with Crippen molar-refractivity contribution in [3.63, 3.8) is 0 Å². The Bertz CT molecular complexity index is 631. The molecule has 2 heterocycles. The highest BCUT2D eigenvalue weighted by atomic mass is 32.2. The minimum Gasteiger partial charge on any atom is -0.329 e. The Labute approximate surface area is 122 Å². The van der Waals surface area contributed by atoms with Crippen LogP contribution in [0, 0.1) is 13.8 Å². The van der Waals surface area contributed by atoms with Crippen LogP contribution in [0.4, 0.5) is 5.69 Å². The highest BCUT2D eigenvalue weighted by Crippen LogP contribution is 2.24.